The Morgan fingerprint density at radius 3 is 2.09 bits per heavy atom. The Morgan fingerprint density at radius 2 is 1.53 bits per heavy atom. The van der Waals surface area contributed by atoms with Crippen LogP contribution in [0.15, 0.2) is 53.5 Å². The predicted molar refractivity (Wildman–Crippen MR) is 127 cm³/mol. The molecule has 1 aromatic heterocycles. The second-order valence-electron chi connectivity index (χ2n) is 7.64. The summed E-state index contributed by atoms with van der Waals surface area (Å²) >= 11 is 0. The molecule has 0 bridgehead atoms. The summed E-state index contributed by atoms with van der Waals surface area (Å²) in [6, 6.07) is 14.5. The molecule has 0 fully saturated rings. The first kappa shape index (κ1) is 22.7. The molecule has 0 unspecified atom stereocenters. The molecule has 0 radical (unpaired) electrons. The van der Waals surface area contributed by atoms with Gasteiger partial charge in [0.25, 0.3) is 5.91 Å². The number of amides is 2. The maximum absolute atomic E-state index is 12.8. The van der Waals surface area contributed by atoms with Gasteiger partial charge in [0.1, 0.15) is 0 Å². The van der Waals surface area contributed by atoms with Crippen molar-refractivity contribution >= 4 is 29.1 Å². The molecule has 3 rings (SSSR count). The minimum absolute atomic E-state index is 0.167. The lowest BCUT2D eigenvalue weighted by Gasteiger charge is -2.13. The first-order chi connectivity index (χ1) is 15.2. The maximum Gasteiger partial charge on any atom is 0.257 e. The molecule has 3 N–H and O–H groups in total. The van der Waals surface area contributed by atoms with Crippen LogP contribution >= 0.6 is 0 Å². The van der Waals surface area contributed by atoms with Gasteiger partial charge in [0.15, 0.2) is 0 Å². The second-order valence-corrected chi connectivity index (χ2v) is 7.64. The van der Waals surface area contributed by atoms with Gasteiger partial charge in [-0.25, -0.2) is 4.99 Å². The highest BCUT2D eigenvalue weighted by molar-refractivity contribution is 6.10. The molecular weight excluding hydrogens is 404 g/mol. The summed E-state index contributed by atoms with van der Waals surface area (Å²) in [5, 5.41) is 13.2. The van der Waals surface area contributed by atoms with E-state index in [2.05, 4.69) is 26.0 Å². The van der Waals surface area contributed by atoms with E-state index in [0.717, 1.165) is 28.2 Å². The molecule has 0 aliphatic heterocycles. The van der Waals surface area contributed by atoms with Gasteiger partial charge in [-0.2, -0.15) is 5.10 Å². The average molecular weight is 433 g/mol. The summed E-state index contributed by atoms with van der Waals surface area (Å²) in [5.41, 5.74) is 5.98. The molecule has 32 heavy (non-hydrogen) atoms. The monoisotopic (exact) mass is 432 g/mol. The third-order valence-corrected chi connectivity index (χ3v) is 5.07. The minimum Gasteiger partial charge on any atom is -0.326 e. The molecule has 166 valence electrons. The smallest absolute Gasteiger partial charge is 0.257 e. The lowest BCUT2D eigenvalue weighted by molar-refractivity contribution is -0.114. The van der Waals surface area contributed by atoms with E-state index in [1.165, 1.54) is 6.92 Å². The standard InChI is InChI=1S/C24H28N6O2/c1-15-6-10-21(11-7-15)27-24(25-14-22-16(2)29-30(5)17(22)3)28-23(32)19-8-12-20(13-9-19)26-18(4)31/h6-13H,14H2,1-5H3,(H,26,31)(H2,25,27,28,32). The number of aromatic nitrogens is 2. The number of anilines is 2. The Kier molecular flexibility index (Phi) is 7.04. The van der Waals surface area contributed by atoms with E-state index < -0.39 is 0 Å². The van der Waals surface area contributed by atoms with Gasteiger partial charge < -0.3 is 10.6 Å². The van der Waals surface area contributed by atoms with Crippen LogP contribution in [0.5, 0.6) is 0 Å². The van der Waals surface area contributed by atoms with Crippen molar-refractivity contribution < 1.29 is 9.59 Å². The summed E-state index contributed by atoms with van der Waals surface area (Å²) in [4.78, 5) is 28.7. The molecule has 0 aliphatic carbocycles. The Balaban J connectivity index is 1.81. The Labute approximate surface area is 187 Å². The van der Waals surface area contributed by atoms with E-state index in [4.69, 9.17) is 0 Å². The molecule has 8 heteroatoms. The van der Waals surface area contributed by atoms with Crippen molar-refractivity contribution in [2.45, 2.75) is 34.2 Å². The number of carbonyl (C=O) groups is 2. The first-order valence-electron chi connectivity index (χ1n) is 10.3. The number of rotatable bonds is 5. The normalized spacial score (nSPS) is 11.2. The van der Waals surface area contributed by atoms with Gasteiger partial charge in [-0.05, 0) is 57.2 Å². The van der Waals surface area contributed by atoms with Crippen molar-refractivity contribution in [2.24, 2.45) is 12.0 Å². The van der Waals surface area contributed by atoms with Crippen LogP contribution in [0, 0.1) is 20.8 Å². The molecule has 0 spiro atoms. The number of nitrogens with one attached hydrogen (secondary N) is 3. The van der Waals surface area contributed by atoms with Crippen LogP contribution in [0.4, 0.5) is 11.4 Å². The van der Waals surface area contributed by atoms with Crippen LogP contribution in [0.1, 0.15) is 39.8 Å². The number of aliphatic imine (C=N–C) groups is 1. The molecule has 8 nitrogen and oxygen atoms in total. The highest BCUT2D eigenvalue weighted by Crippen LogP contribution is 2.14. The van der Waals surface area contributed by atoms with Crippen LogP contribution in [0.25, 0.3) is 0 Å². The molecule has 0 atom stereocenters. The number of hydrogen-bond acceptors (Lipinski definition) is 4. The highest BCUT2D eigenvalue weighted by Gasteiger charge is 2.12. The van der Waals surface area contributed by atoms with Gasteiger partial charge in [-0.15, -0.1) is 0 Å². The van der Waals surface area contributed by atoms with Gasteiger partial charge in [0.05, 0.1) is 12.2 Å². The fourth-order valence-corrected chi connectivity index (χ4v) is 3.18. The van der Waals surface area contributed by atoms with Gasteiger partial charge in [-0.1, -0.05) is 17.7 Å². The number of benzene rings is 2. The molecule has 1 heterocycles. The van der Waals surface area contributed by atoms with Crippen LogP contribution in [0.3, 0.4) is 0 Å². The lowest BCUT2D eigenvalue weighted by Crippen LogP contribution is -2.36. The number of guanidine groups is 1. The first-order valence-corrected chi connectivity index (χ1v) is 10.3. The zero-order valence-electron chi connectivity index (χ0n) is 19.0. The molecule has 2 aromatic carbocycles. The number of carbonyl (C=O) groups excluding carboxylic acids is 2. The molecule has 0 saturated heterocycles. The lowest BCUT2D eigenvalue weighted by atomic mass is 10.2. The Morgan fingerprint density at radius 1 is 0.938 bits per heavy atom. The number of aryl methyl sites for hydroxylation is 3. The highest BCUT2D eigenvalue weighted by atomic mass is 16.2. The summed E-state index contributed by atoms with van der Waals surface area (Å²) < 4.78 is 1.82. The van der Waals surface area contributed by atoms with Gasteiger partial charge in [0, 0.05) is 42.2 Å². The van der Waals surface area contributed by atoms with E-state index in [-0.39, 0.29) is 11.8 Å². The molecule has 3 aromatic rings. The summed E-state index contributed by atoms with van der Waals surface area (Å²) in [5.74, 6) is -0.135. The van der Waals surface area contributed by atoms with Gasteiger partial charge in [0.2, 0.25) is 11.9 Å². The van der Waals surface area contributed by atoms with Gasteiger partial charge in [-0.3, -0.25) is 19.6 Å². The Hall–Kier alpha value is -3.94. The number of hydrogen-bond donors (Lipinski definition) is 3. The van der Waals surface area contributed by atoms with E-state index in [1.807, 2.05) is 56.8 Å². The third-order valence-electron chi connectivity index (χ3n) is 5.07. The largest absolute Gasteiger partial charge is 0.326 e. The van der Waals surface area contributed by atoms with Crippen LogP contribution < -0.4 is 16.0 Å². The van der Waals surface area contributed by atoms with Crippen molar-refractivity contribution in [2.75, 3.05) is 10.6 Å². The van der Waals surface area contributed by atoms with E-state index in [0.29, 0.717) is 23.8 Å². The predicted octanol–water partition coefficient (Wildman–Crippen LogP) is 3.70. The Bertz CT molecular complexity index is 1140. The molecule has 0 saturated carbocycles. The topological polar surface area (TPSA) is 100 Å². The van der Waals surface area contributed by atoms with Crippen LogP contribution in [-0.4, -0.2) is 27.6 Å². The quantitative estimate of drug-likeness (QED) is 0.423. The average Bonchev–Trinajstić information content (AvgIpc) is 2.99. The van der Waals surface area contributed by atoms with Gasteiger partial charge >= 0.3 is 0 Å². The van der Waals surface area contributed by atoms with Crippen LogP contribution in [-0.2, 0) is 18.4 Å². The summed E-state index contributed by atoms with van der Waals surface area (Å²) in [7, 11) is 1.90. The summed E-state index contributed by atoms with van der Waals surface area (Å²) in [6.45, 7) is 7.76. The van der Waals surface area contributed by atoms with E-state index in [9.17, 15) is 9.59 Å². The van der Waals surface area contributed by atoms with Crippen LogP contribution in [0.2, 0.25) is 0 Å². The number of nitrogens with zero attached hydrogens (tertiary/aromatic N) is 3. The zero-order chi connectivity index (χ0) is 23.3. The summed E-state index contributed by atoms with van der Waals surface area (Å²) in [6.07, 6.45) is 0. The van der Waals surface area contributed by atoms with Crippen molar-refractivity contribution in [3.05, 3.63) is 76.6 Å². The van der Waals surface area contributed by atoms with E-state index in [1.54, 1.807) is 24.3 Å². The van der Waals surface area contributed by atoms with Crippen molar-refractivity contribution in [1.29, 1.82) is 0 Å². The van der Waals surface area contributed by atoms with E-state index >= 15 is 0 Å². The fraction of sp³-hybridized carbons (Fsp3) is 0.250. The second kappa shape index (κ2) is 9.91. The fourth-order valence-electron chi connectivity index (χ4n) is 3.18. The SMILES string of the molecule is CC(=O)Nc1ccc(C(=O)NC(=NCc2c(C)nn(C)c2C)Nc2ccc(C)cc2)cc1. The third kappa shape index (κ3) is 5.81. The maximum atomic E-state index is 12.8. The van der Waals surface area contributed by atoms with Crippen molar-refractivity contribution in [1.82, 2.24) is 15.1 Å². The van der Waals surface area contributed by atoms with Crippen molar-refractivity contribution in [3.8, 4) is 0 Å². The minimum atomic E-state index is -0.308. The zero-order valence-corrected chi connectivity index (χ0v) is 19.0. The molecule has 2 amide bonds. The van der Waals surface area contributed by atoms with Crippen molar-refractivity contribution in [3.63, 3.8) is 0 Å². The molecule has 0 aliphatic rings. The molecular formula is C24H28N6O2.